The molecule has 170 valence electrons. The number of carbonyl (C=O) groups excluding carboxylic acids is 1. The van der Waals surface area contributed by atoms with Crippen LogP contribution in [-0.4, -0.2) is 37.5 Å². The summed E-state index contributed by atoms with van der Waals surface area (Å²) in [6.07, 6.45) is 4.31. The number of nitrogens with two attached hydrogens (primary N) is 1. The van der Waals surface area contributed by atoms with E-state index in [1.807, 2.05) is 37.3 Å². The van der Waals surface area contributed by atoms with Crippen LogP contribution in [0.15, 0.2) is 42.5 Å². The van der Waals surface area contributed by atoms with Crippen molar-refractivity contribution in [2.75, 3.05) is 37.9 Å². The Morgan fingerprint density at radius 3 is 2.62 bits per heavy atom. The van der Waals surface area contributed by atoms with Crippen LogP contribution >= 0.6 is 0 Å². The number of carbonyl (C=O) groups is 1. The second-order valence-electron chi connectivity index (χ2n) is 8.13. The Hall–Kier alpha value is -3.19. The van der Waals surface area contributed by atoms with Gasteiger partial charge in [0.2, 0.25) is 0 Å². The fraction of sp³-hybridized carbons (Fsp3) is 0.400. The second-order valence-corrected chi connectivity index (χ2v) is 8.13. The van der Waals surface area contributed by atoms with Gasteiger partial charge in [-0.15, -0.1) is 0 Å². The molecule has 0 aliphatic heterocycles. The van der Waals surface area contributed by atoms with Crippen molar-refractivity contribution in [2.24, 2.45) is 0 Å². The average molecular weight is 437 g/mol. The smallest absolute Gasteiger partial charge is 0.319 e. The van der Waals surface area contributed by atoms with Gasteiger partial charge in [0.15, 0.2) is 0 Å². The quantitative estimate of drug-likeness (QED) is 0.404. The lowest BCUT2D eigenvalue weighted by atomic mass is 9.92. The number of aromatic nitrogens is 1. The summed E-state index contributed by atoms with van der Waals surface area (Å²) in [4.78, 5) is 12.1. The minimum Gasteiger partial charge on any atom is -0.494 e. The van der Waals surface area contributed by atoms with Gasteiger partial charge in [-0.05, 0) is 56.9 Å². The zero-order chi connectivity index (χ0) is 22.5. The molecule has 1 aliphatic carbocycles. The first kappa shape index (κ1) is 22.0. The van der Waals surface area contributed by atoms with Crippen LogP contribution in [0, 0.1) is 0 Å². The predicted molar refractivity (Wildman–Crippen MR) is 129 cm³/mol. The highest BCUT2D eigenvalue weighted by atomic mass is 16.5. The Balaban J connectivity index is 1.60. The van der Waals surface area contributed by atoms with Crippen LogP contribution in [0.3, 0.4) is 0 Å². The Morgan fingerprint density at radius 1 is 1.19 bits per heavy atom. The van der Waals surface area contributed by atoms with E-state index in [-0.39, 0.29) is 6.03 Å². The first-order valence-corrected chi connectivity index (χ1v) is 11.3. The molecule has 1 fully saturated rings. The van der Waals surface area contributed by atoms with Crippen molar-refractivity contribution >= 4 is 28.3 Å². The molecule has 1 aromatic heterocycles. The number of nitrogens with zero attached hydrogens (tertiary/aromatic N) is 1. The fourth-order valence-corrected chi connectivity index (χ4v) is 4.20. The Morgan fingerprint density at radius 2 is 1.97 bits per heavy atom. The molecule has 7 nitrogen and oxygen atoms in total. The molecule has 0 spiro atoms. The summed E-state index contributed by atoms with van der Waals surface area (Å²) < 4.78 is 13.1. The molecule has 3 aromatic rings. The molecule has 1 aliphatic rings. The van der Waals surface area contributed by atoms with Crippen molar-refractivity contribution in [3.63, 3.8) is 0 Å². The number of rotatable bonds is 9. The van der Waals surface area contributed by atoms with E-state index >= 15 is 0 Å². The van der Waals surface area contributed by atoms with Gasteiger partial charge < -0.3 is 30.4 Å². The number of hydrogen-bond donors (Lipinski definition) is 3. The van der Waals surface area contributed by atoms with Crippen LogP contribution in [0.1, 0.15) is 38.6 Å². The molecule has 4 rings (SSSR count). The maximum atomic E-state index is 12.1. The summed E-state index contributed by atoms with van der Waals surface area (Å²) in [5.74, 6) is 0.862. The van der Waals surface area contributed by atoms with E-state index < -0.39 is 0 Å². The van der Waals surface area contributed by atoms with Gasteiger partial charge in [-0.2, -0.15) is 0 Å². The summed E-state index contributed by atoms with van der Waals surface area (Å²) in [5.41, 5.74) is 11.4. The predicted octanol–water partition coefficient (Wildman–Crippen LogP) is 5.17. The number of fused-ring (bicyclic) bond motifs is 1. The third-order valence-electron chi connectivity index (χ3n) is 5.99. The lowest BCUT2D eigenvalue weighted by Crippen LogP contribution is -2.30. The van der Waals surface area contributed by atoms with Crippen LogP contribution < -0.4 is 21.1 Å². The number of hydrogen-bond acceptors (Lipinski definition) is 4. The van der Waals surface area contributed by atoms with Crippen molar-refractivity contribution in [1.82, 2.24) is 9.88 Å². The highest BCUT2D eigenvalue weighted by Gasteiger charge is 2.27. The van der Waals surface area contributed by atoms with Crippen LogP contribution in [0.2, 0.25) is 0 Å². The Labute approximate surface area is 188 Å². The van der Waals surface area contributed by atoms with Crippen molar-refractivity contribution in [3.05, 3.63) is 42.5 Å². The van der Waals surface area contributed by atoms with Gasteiger partial charge in [-0.25, -0.2) is 4.79 Å². The first-order valence-electron chi connectivity index (χ1n) is 11.3. The molecule has 0 atom stereocenters. The molecule has 32 heavy (non-hydrogen) atoms. The van der Waals surface area contributed by atoms with E-state index in [0.717, 1.165) is 58.5 Å². The molecule has 0 bridgehead atoms. The molecule has 2 aromatic carbocycles. The minimum absolute atomic E-state index is 0.222. The lowest BCUT2D eigenvalue weighted by molar-refractivity contribution is 0.194. The Bertz CT molecular complexity index is 1070. The zero-order valence-corrected chi connectivity index (χ0v) is 18.8. The van der Waals surface area contributed by atoms with Crippen LogP contribution in [0.5, 0.6) is 5.75 Å². The number of amides is 2. The number of nitrogens with one attached hydrogen (secondary N) is 2. The van der Waals surface area contributed by atoms with Crippen molar-refractivity contribution in [3.8, 4) is 17.0 Å². The van der Waals surface area contributed by atoms with Crippen LogP contribution in [0.25, 0.3) is 22.2 Å². The summed E-state index contributed by atoms with van der Waals surface area (Å²) >= 11 is 0. The monoisotopic (exact) mass is 436 g/mol. The molecule has 0 radical (unpaired) electrons. The highest BCUT2D eigenvalue weighted by Crippen LogP contribution is 2.44. The van der Waals surface area contributed by atoms with Crippen molar-refractivity contribution < 1.29 is 14.3 Å². The van der Waals surface area contributed by atoms with Gasteiger partial charge in [0, 0.05) is 49.0 Å². The molecule has 1 heterocycles. The van der Waals surface area contributed by atoms with Gasteiger partial charge >= 0.3 is 6.03 Å². The maximum absolute atomic E-state index is 12.1. The van der Waals surface area contributed by atoms with Gasteiger partial charge in [-0.1, -0.05) is 12.1 Å². The molecule has 2 amide bonds. The molecule has 1 saturated carbocycles. The van der Waals surface area contributed by atoms with E-state index in [0.29, 0.717) is 25.8 Å². The van der Waals surface area contributed by atoms with E-state index in [1.165, 1.54) is 6.42 Å². The van der Waals surface area contributed by atoms with E-state index in [4.69, 9.17) is 15.2 Å². The molecular formula is C25H32N4O3. The third kappa shape index (κ3) is 4.53. The van der Waals surface area contributed by atoms with Gasteiger partial charge in [0.1, 0.15) is 5.75 Å². The summed E-state index contributed by atoms with van der Waals surface area (Å²) in [6.45, 7) is 3.81. The van der Waals surface area contributed by atoms with Gasteiger partial charge in [0.05, 0.1) is 23.5 Å². The number of nitrogen functional groups attached to an aromatic ring is 1. The zero-order valence-electron chi connectivity index (χ0n) is 18.8. The highest BCUT2D eigenvalue weighted by molar-refractivity contribution is 6.02. The summed E-state index contributed by atoms with van der Waals surface area (Å²) in [6, 6.07) is 14.2. The molecular weight excluding hydrogens is 404 g/mol. The maximum Gasteiger partial charge on any atom is 0.319 e. The first-order chi connectivity index (χ1) is 15.6. The summed E-state index contributed by atoms with van der Waals surface area (Å²) in [5, 5.41) is 6.75. The molecule has 0 unspecified atom stereocenters. The normalized spacial score (nSPS) is 13.7. The lowest BCUT2D eigenvalue weighted by Gasteiger charge is -2.30. The van der Waals surface area contributed by atoms with E-state index in [2.05, 4.69) is 27.3 Å². The molecule has 0 saturated heterocycles. The number of urea groups is 1. The van der Waals surface area contributed by atoms with Crippen molar-refractivity contribution in [2.45, 2.75) is 38.6 Å². The van der Waals surface area contributed by atoms with Crippen molar-refractivity contribution in [1.29, 1.82) is 0 Å². The van der Waals surface area contributed by atoms with E-state index in [1.54, 1.807) is 7.11 Å². The number of anilines is 2. The third-order valence-corrected chi connectivity index (χ3v) is 5.99. The minimum atomic E-state index is -0.222. The standard InChI is InChI=1S/C25H32N4O3/c1-3-32-20-12-13-21-22(16-20)29(19-6-4-7-19)24(23(21)26)17-8-10-18(11-9-17)28-25(30)27-14-5-15-31-2/h8-13,16,19H,3-7,14-15,26H2,1-2H3,(H2,27,28,30). The fourth-order valence-electron chi connectivity index (χ4n) is 4.20. The van der Waals surface area contributed by atoms with E-state index in [9.17, 15) is 4.79 Å². The number of methoxy groups -OCH3 is 1. The van der Waals surface area contributed by atoms with Gasteiger partial charge in [0.25, 0.3) is 0 Å². The number of ether oxygens (including phenoxy) is 2. The molecule has 7 heteroatoms. The van der Waals surface area contributed by atoms with Crippen LogP contribution in [0.4, 0.5) is 16.2 Å². The topological polar surface area (TPSA) is 90.5 Å². The van der Waals surface area contributed by atoms with Crippen LogP contribution in [-0.2, 0) is 4.74 Å². The summed E-state index contributed by atoms with van der Waals surface area (Å²) in [7, 11) is 1.65. The van der Waals surface area contributed by atoms with Gasteiger partial charge in [-0.3, -0.25) is 0 Å². The number of benzene rings is 2. The molecule has 4 N–H and O–H groups in total. The SMILES string of the molecule is CCOc1ccc2c(N)c(-c3ccc(NC(=O)NCCCOC)cc3)n(C3CCC3)c2c1. The Kier molecular flexibility index (Phi) is 6.85. The largest absolute Gasteiger partial charge is 0.494 e. The second kappa shape index (κ2) is 9.96. The average Bonchev–Trinajstić information content (AvgIpc) is 3.03.